The number of fused-ring (bicyclic) bond motifs is 10. The zero-order chi connectivity index (χ0) is 38.5. The second-order valence-electron chi connectivity index (χ2n) is 13.6. The van der Waals surface area contributed by atoms with Gasteiger partial charge in [0, 0.05) is 51.5 Å². The lowest BCUT2D eigenvalue weighted by Crippen LogP contribution is -2.19. The molecule has 2 aliphatic rings. The van der Waals surface area contributed by atoms with Gasteiger partial charge >= 0.3 is 0 Å². The normalized spacial score (nSPS) is 17.0. The maximum Gasteiger partial charge on any atom is 0.209 e. The van der Waals surface area contributed by atoms with E-state index in [1.54, 1.807) is 12.1 Å². The largest absolute Gasteiger partial charge is 0.218 e. The van der Waals surface area contributed by atoms with E-state index in [1.807, 2.05) is 48.5 Å². The van der Waals surface area contributed by atoms with Crippen molar-refractivity contribution in [3.05, 3.63) is 133 Å². The number of benzene rings is 7. The average molecular weight is 847 g/mol. The second kappa shape index (κ2) is 11.2. The van der Waals surface area contributed by atoms with Crippen molar-refractivity contribution in [2.75, 3.05) is 0 Å². The summed E-state index contributed by atoms with van der Waals surface area (Å²) in [6.45, 7) is 0. The maximum absolute atomic E-state index is 14.2. The van der Waals surface area contributed by atoms with Crippen molar-refractivity contribution in [3.63, 3.8) is 0 Å². The Morgan fingerprint density at radius 1 is 0.321 bits per heavy atom. The van der Waals surface area contributed by atoms with E-state index < -0.39 is 39.3 Å². The van der Waals surface area contributed by atoms with Gasteiger partial charge < -0.3 is 0 Å². The highest BCUT2D eigenvalue weighted by atomic mass is 32.2. The van der Waals surface area contributed by atoms with Crippen molar-refractivity contribution in [3.8, 4) is 22.3 Å². The van der Waals surface area contributed by atoms with Gasteiger partial charge in [0.15, 0.2) is 0 Å². The zero-order valence-corrected chi connectivity index (χ0v) is 33.3. The van der Waals surface area contributed by atoms with E-state index in [0.717, 1.165) is 40.3 Å². The average Bonchev–Trinajstić information content (AvgIpc) is 3.77. The zero-order valence-electron chi connectivity index (χ0n) is 28.4. The van der Waals surface area contributed by atoms with E-state index in [0.29, 0.717) is 22.3 Å². The van der Waals surface area contributed by atoms with E-state index >= 15 is 0 Å². The van der Waals surface area contributed by atoms with E-state index in [9.17, 15) is 33.7 Å². The molecule has 0 radical (unpaired) electrons. The SMILES string of the molecule is O=S1(=O)c2ccccc2S(=O)(=O)c2cc(-c3c4sc5ccccc5c4c(-c4ccc5c(c4)S(=O)(=O)c4ccccc4S5(=O)=O)c4sc5ccccc5c34)ccc21. The molecule has 0 saturated heterocycles. The van der Waals surface area contributed by atoms with Crippen LogP contribution in [0.25, 0.3) is 62.6 Å². The molecular weight excluding hydrogens is 825 g/mol. The Labute approximate surface area is 328 Å². The van der Waals surface area contributed by atoms with Gasteiger partial charge in [0.05, 0.1) is 39.2 Å². The number of hydrogen-bond acceptors (Lipinski definition) is 10. The molecule has 0 aliphatic carbocycles. The summed E-state index contributed by atoms with van der Waals surface area (Å²) < 4.78 is 115. The Bertz CT molecular complexity index is 3520. The summed E-state index contributed by atoms with van der Waals surface area (Å²) in [6, 6.07) is 35.7. The minimum Gasteiger partial charge on any atom is -0.218 e. The fourth-order valence-electron chi connectivity index (χ4n) is 8.17. The van der Waals surface area contributed by atoms with Crippen LogP contribution < -0.4 is 0 Å². The van der Waals surface area contributed by atoms with E-state index in [1.165, 1.54) is 95.5 Å². The van der Waals surface area contributed by atoms with E-state index in [2.05, 4.69) is 0 Å². The van der Waals surface area contributed by atoms with Gasteiger partial charge in [-0.2, -0.15) is 0 Å². The lowest BCUT2D eigenvalue weighted by atomic mass is 9.91. The lowest BCUT2D eigenvalue weighted by Gasteiger charge is -2.22. The molecule has 0 spiro atoms. The first-order valence-electron chi connectivity index (χ1n) is 17.1. The minimum atomic E-state index is -4.24. The standard InChI is InChI=1S/C42H22O8S6/c43-53(44)29-13-5-7-15-31(29)55(47,48)35-21-23(17-19-33(35)53)37-39-25-9-1-3-11-27(25)51-41(39)38(40-26-10-2-4-12-28(26)52-42(37)40)24-18-20-34-36(22-24)56(49,50)32-16-8-6-14-30(32)54(34,45)46/h1-22H. The molecule has 9 aromatic rings. The molecule has 2 aromatic heterocycles. The molecule has 7 aromatic carbocycles. The highest BCUT2D eigenvalue weighted by molar-refractivity contribution is 7.98. The topological polar surface area (TPSA) is 137 Å². The van der Waals surface area contributed by atoms with Gasteiger partial charge in [-0.15, -0.1) is 22.7 Å². The van der Waals surface area contributed by atoms with Crippen LogP contribution in [0.15, 0.2) is 173 Å². The van der Waals surface area contributed by atoms with Crippen molar-refractivity contribution < 1.29 is 33.7 Å². The number of sulfone groups is 4. The van der Waals surface area contributed by atoms with Crippen LogP contribution in [-0.2, 0) is 39.3 Å². The van der Waals surface area contributed by atoms with Crippen LogP contribution in [-0.4, -0.2) is 33.7 Å². The van der Waals surface area contributed by atoms with Crippen molar-refractivity contribution >= 4 is 102 Å². The Morgan fingerprint density at radius 2 is 0.625 bits per heavy atom. The second-order valence-corrected chi connectivity index (χ2v) is 23.2. The first-order valence-corrected chi connectivity index (χ1v) is 24.6. The summed E-state index contributed by atoms with van der Waals surface area (Å²) in [5.41, 5.74) is 2.39. The summed E-state index contributed by atoms with van der Waals surface area (Å²) in [6.07, 6.45) is 0. The summed E-state index contributed by atoms with van der Waals surface area (Å²) in [4.78, 5) is -2.25. The molecule has 0 bridgehead atoms. The number of hydrogen-bond donors (Lipinski definition) is 0. The van der Waals surface area contributed by atoms with E-state index in [-0.39, 0.29) is 39.2 Å². The van der Waals surface area contributed by atoms with Gasteiger partial charge in [-0.1, -0.05) is 72.8 Å². The molecule has 0 fully saturated rings. The molecular formula is C42H22O8S6. The van der Waals surface area contributed by atoms with Gasteiger partial charge in [0.2, 0.25) is 39.3 Å². The molecule has 56 heavy (non-hydrogen) atoms. The van der Waals surface area contributed by atoms with Crippen LogP contribution in [0.4, 0.5) is 0 Å². The highest BCUT2D eigenvalue weighted by Crippen LogP contribution is 2.55. The summed E-state index contributed by atoms with van der Waals surface area (Å²) >= 11 is 2.97. The van der Waals surface area contributed by atoms with Crippen molar-refractivity contribution in [2.24, 2.45) is 0 Å². The number of thiophene rings is 2. The summed E-state index contributed by atoms with van der Waals surface area (Å²) in [5.74, 6) is 0. The molecule has 8 nitrogen and oxygen atoms in total. The Morgan fingerprint density at radius 3 is 1.00 bits per heavy atom. The predicted molar refractivity (Wildman–Crippen MR) is 218 cm³/mol. The van der Waals surface area contributed by atoms with Gasteiger partial charge in [0.1, 0.15) is 0 Å². The molecule has 14 heteroatoms. The van der Waals surface area contributed by atoms with Gasteiger partial charge in [-0.3, -0.25) is 0 Å². The fraction of sp³-hybridized carbons (Fsp3) is 0. The maximum atomic E-state index is 14.2. The first kappa shape index (κ1) is 34.1. The molecule has 0 N–H and O–H groups in total. The van der Waals surface area contributed by atoms with Crippen molar-refractivity contribution in [2.45, 2.75) is 39.2 Å². The van der Waals surface area contributed by atoms with E-state index in [4.69, 9.17) is 0 Å². The van der Waals surface area contributed by atoms with Crippen molar-refractivity contribution in [1.29, 1.82) is 0 Å². The molecule has 0 amide bonds. The van der Waals surface area contributed by atoms with Crippen LogP contribution >= 0.6 is 22.7 Å². The predicted octanol–water partition coefficient (Wildman–Crippen LogP) is 9.71. The van der Waals surface area contributed by atoms with Crippen molar-refractivity contribution in [1.82, 2.24) is 0 Å². The third-order valence-corrected chi connectivity index (χ3v) is 21.0. The van der Waals surface area contributed by atoms with Crippen LogP contribution in [0.2, 0.25) is 0 Å². The molecule has 2 aliphatic heterocycles. The molecule has 0 saturated carbocycles. The fourth-order valence-corrected chi connectivity index (χ4v) is 19.1. The smallest absolute Gasteiger partial charge is 0.209 e. The molecule has 4 heterocycles. The van der Waals surface area contributed by atoms with Crippen LogP contribution in [0, 0.1) is 0 Å². The minimum absolute atomic E-state index is 0.258. The highest BCUT2D eigenvalue weighted by Gasteiger charge is 2.41. The third-order valence-electron chi connectivity index (χ3n) is 10.6. The molecule has 0 unspecified atom stereocenters. The van der Waals surface area contributed by atoms with Crippen LogP contribution in [0.1, 0.15) is 0 Å². The Kier molecular flexibility index (Phi) is 6.82. The third kappa shape index (κ3) is 4.31. The lowest BCUT2D eigenvalue weighted by molar-refractivity contribution is 0.570. The first-order chi connectivity index (χ1) is 26.8. The van der Waals surface area contributed by atoms with Gasteiger partial charge in [-0.05, 0) is 71.8 Å². The summed E-state index contributed by atoms with van der Waals surface area (Å²) in [7, 11) is -16.8. The van der Waals surface area contributed by atoms with Crippen LogP contribution in [0.5, 0.6) is 0 Å². The van der Waals surface area contributed by atoms with Gasteiger partial charge in [0.25, 0.3) is 0 Å². The Hall–Kier alpha value is -5.22. The number of rotatable bonds is 2. The monoisotopic (exact) mass is 846 g/mol. The summed E-state index contributed by atoms with van der Waals surface area (Å²) in [5, 5.41) is 3.27. The molecule has 274 valence electrons. The molecule has 11 rings (SSSR count). The Balaban J connectivity index is 1.28. The quantitative estimate of drug-likeness (QED) is 0.168. The van der Waals surface area contributed by atoms with Crippen LogP contribution in [0.3, 0.4) is 0 Å². The molecule has 0 atom stereocenters. The van der Waals surface area contributed by atoms with Gasteiger partial charge in [-0.25, -0.2) is 33.7 Å².